The zero-order chi connectivity index (χ0) is 19.3. The highest BCUT2D eigenvalue weighted by molar-refractivity contribution is 5.91. The van der Waals surface area contributed by atoms with Crippen LogP contribution in [0.4, 0.5) is 0 Å². The van der Waals surface area contributed by atoms with Crippen molar-refractivity contribution in [2.45, 2.75) is 26.7 Å². The van der Waals surface area contributed by atoms with Crippen molar-refractivity contribution in [3.05, 3.63) is 23.8 Å². The first kappa shape index (κ1) is 24.6. The molecule has 6 nitrogen and oxygen atoms in total. The summed E-state index contributed by atoms with van der Waals surface area (Å²) < 4.78 is 5.72. The fourth-order valence-electron chi connectivity index (χ4n) is 1.36. The van der Waals surface area contributed by atoms with E-state index in [1.165, 1.54) is 0 Å². The van der Waals surface area contributed by atoms with Crippen LogP contribution in [0.15, 0.2) is 23.8 Å². The van der Waals surface area contributed by atoms with E-state index in [4.69, 9.17) is 10.5 Å². The molecule has 0 aromatic heterocycles. The summed E-state index contributed by atoms with van der Waals surface area (Å²) in [6.45, 7) is 9.20. The Morgan fingerprint density at radius 3 is 2.12 bits per heavy atom. The van der Waals surface area contributed by atoms with Gasteiger partial charge in [-0.2, -0.15) is 0 Å². The minimum atomic E-state index is -0.320. The molecule has 0 aliphatic heterocycles. The monoisotopic (exact) mass is 342 g/mol. The normalized spacial score (nSPS) is 11.6. The highest BCUT2D eigenvalue weighted by Crippen LogP contribution is 1.98. The van der Waals surface area contributed by atoms with E-state index in [1.807, 2.05) is 20.2 Å². The Morgan fingerprint density at radius 1 is 1.21 bits per heavy atom. The number of nitrogens with two attached hydrogens (primary N) is 1. The van der Waals surface area contributed by atoms with Crippen molar-refractivity contribution in [1.82, 2.24) is 4.90 Å². The molecule has 140 valence electrons. The van der Waals surface area contributed by atoms with Gasteiger partial charge in [-0.15, -0.1) is 0 Å². The maximum atomic E-state index is 10.9. The molecular formula is C18H36N3O3+. The Bertz CT molecular complexity index is 435. The standard InChI is InChI=1S/C9H18N2O.C9H18NO2/c1-8(9(10)12)6-4-5-7-11(2)3;1-8(2)9(11)12-7-6-10(3,4)5/h6H,4-5,7H2,1-3H3,(H2,10,12);1,6-7H2,2-5H3/q;+1. The predicted octanol–water partition coefficient (Wildman–Crippen LogP) is 1.57. The molecule has 0 aliphatic rings. The lowest BCUT2D eigenvalue weighted by Gasteiger charge is -2.23. The number of unbranched alkanes of at least 4 members (excludes halogenated alkanes) is 1. The van der Waals surface area contributed by atoms with Crippen LogP contribution in [0, 0.1) is 0 Å². The van der Waals surface area contributed by atoms with Crippen molar-refractivity contribution in [2.24, 2.45) is 5.73 Å². The molecule has 0 heterocycles. The van der Waals surface area contributed by atoms with Gasteiger partial charge < -0.3 is 19.9 Å². The second-order valence-corrected chi connectivity index (χ2v) is 7.13. The fraction of sp³-hybridized carbons (Fsp3) is 0.667. The van der Waals surface area contributed by atoms with Gasteiger partial charge in [0.05, 0.1) is 21.1 Å². The van der Waals surface area contributed by atoms with Crippen molar-refractivity contribution in [1.29, 1.82) is 0 Å². The molecule has 0 spiro atoms. The van der Waals surface area contributed by atoms with E-state index in [-0.39, 0.29) is 11.9 Å². The van der Waals surface area contributed by atoms with Gasteiger partial charge in [-0.05, 0) is 47.3 Å². The average Bonchev–Trinajstić information content (AvgIpc) is 2.42. The molecule has 0 radical (unpaired) electrons. The quantitative estimate of drug-likeness (QED) is 0.299. The lowest BCUT2D eigenvalue weighted by molar-refractivity contribution is -0.870. The van der Waals surface area contributed by atoms with Gasteiger partial charge in [0, 0.05) is 11.1 Å². The van der Waals surface area contributed by atoms with Gasteiger partial charge in [0.2, 0.25) is 5.91 Å². The average molecular weight is 343 g/mol. The van der Waals surface area contributed by atoms with E-state index in [0.29, 0.717) is 17.8 Å². The van der Waals surface area contributed by atoms with Gasteiger partial charge in [-0.3, -0.25) is 4.79 Å². The number of carbonyl (C=O) groups is 2. The summed E-state index contributed by atoms with van der Waals surface area (Å²) >= 11 is 0. The second-order valence-electron chi connectivity index (χ2n) is 7.13. The number of likely N-dealkylation sites (N-methyl/N-ethyl adjacent to an activating group) is 1. The van der Waals surface area contributed by atoms with E-state index in [2.05, 4.69) is 32.6 Å². The van der Waals surface area contributed by atoms with E-state index in [0.717, 1.165) is 30.4 Å². The van der Waals surface area contributed by atoms with Crippen LogP contribution < -0.4 is 5.73 Å². The minimum absolute atomic E-state index is 0.302. The molecule has 24 heavy (non-hydrogen) atoms. The number of esters is 1. The number of ether oxygens (including phenoxy) is 1. The van der Waals surface area contributed by atoms with Crippen LogP contribution in [0.25, 0.3) is 0 Å². The number of allylic oxidation sites excluding steroid dienone is 1. The van der Waals surface area contributed by atoms with Crippen molar-refractivity contribution < 1.29 is 18.8 Å². The molecule has 0 saturated carbocycles. The first-order valence-corrected chi connectivity index (χ1v) is 8.11. The van der Waals surface area contributed by atoms with Crippen LogP contribution in [0.3, 0.4) is 0 Å². The molecule has 0 aromatic carbocycles. The van der Waals surface area contributed by atoms with Gasteiger partial charge in [-0.25, -0.2) is 4.79 Å². The Hall–Kier alpha value is -1.66. The number of hydrogen-bond acceptors (Lipinski definition) is 4. The molecule has 0 bridgehead atoms. The van der Waals surface area contributed by atoms with E-state index < -0.39 is 0 Å². The maximum Gasteiger partial charge on any atom is 0.333 e. The Labute approximate surface area is 147 Å². The molecule has 2 N–H and O–H groups in total. The summed E-state index contributed by atoms with van der Waals surface area (Å²) in [6, 6.07) is 0. The Kier molecular flexibility index (Phi) is 13.0. The molecule has 0 saturated heterocycles. The molecule has 0 aliphatic carbocycles. The van der Waals surface area contributed by atoms with E-state index in [9.17, 15) is 9.59 Å². The van der Waals surface area contributed by atoms with Gasteiger partial charge in [0.15, 0.2) is 0 Å². The van der Waals surface area contributed by atoms with Gasteiger partial charge in [-0.1, -0.05) is 12.7 Å². The van der Waals surface area contributed by atoms with E-state index in [1.54, 1.807) is 13.8 Å². The molecule has 6 heteroatoms. The Morgan fingerprint density at radius 2 is 1.75 bits per heavy atom. The predicted molar refractivity (Wildman–Crippen MR) is 99.4 cm³/mol. The summed E-state index contributed by atoms with van der Waals surface area (Å²) in [5.74, 6) is -0.622. The van der Waals surface area contributed by atoms with Crippen molar-refractivity contribution in [3.63, 3.8) is 0 Å². The van der Waals surface area contributed by atoms with Crippen LogP contribution in [-0.2, 0) is 14.3 Å². The molecule has 0 atom stereocenters. The lowest BCUT2D eigenvalue weighted by atomic mass is 10.2. The van der Waals surface area contributed by atoms with Gasteiger partial charge in [0.1, 0.15) is 13.2 Å². The highest BCUT2D eigenvalue weighted by atomic mass is 16.5. The third-order valence-electron chi connectivity index (χ3n) is 2.99. The van der Waals surface area contributed by atoms with Crippen LogP contribution in [0.1, 0.15) is 26.7 Å². The number of nitrogens with zero attached hydrogens (tertiary/aromatic N) is 2. The van der Waals surface area contributed by atoms with Crippen molar-refractivity contribution in [2.75, 3.05) is 54.9 Å². The van der Waals surface area contributed by atoms with Crippen molar-refractivity contribution in [3.8, 4) is 0 Å². The van der Waals surface area contributed by atoms with Crippen LogP contribution in [-0.4, -0.2) is 76.2 Å². The van der Waals surface area contributed by atoms with Gasteiger partial charge in [0.25, 0.3) is 0 Å². The zero-order valence-electron chi connectivity index (χ0n) is 16.5. The first-order valence-electron chi connectivity index (χ1n) is 8.11. The fourth-order valence-corrected chi connectivity index (χ4v) is 1.36. The topological polar surface area (TPSA) is 72.6 Å². The minimum Gasteiger partial charge on any atom is -0.456 e. The SMILES string of the molecule is C=C(C)C(=O)OCC[N+](C)(C)C.CC(=CCCCN(C)C)C(N)=O. The van der Waals surface area contributed by atoms with Crippen molar-refractivity contribution >= 4 is 11.9 Å². The van der Waals surface area contributed by atoms with E-state index >= 15 is 0 Å². The molecule has 0 fully saturated rings. The maximum absolute atomic E-state index is 10.9. The molecular weight excluding hydrogens is 306 g/mol. The van der Waals surface area contributed by atoms with Crippen LogP contribution >= 0.6 is 0 Å². The summed E-state index contributed by atoms with van der Waals surface area (Å²) in [5, 5.41) is 0. The number of quaternary nitrogens is 1. The molecule has 0 rings (SSSR count). The first-order chi connectivity index (χ1) is 10.9. The number of hydrogen-bond donors (Lipinski definition) is 1. The second kappa shape index (κ2) is 12.7. The highest BCUT2D eigenvalue weighted by Gasteiger charge is 2.09. The number of rotatable bonds is 9. The summed E-state index contributed by atoms with van der Waals surface area (Å²) in [5.41, 5.74) is 6.18. The third-order valence-corrected chi connectivity index (χ3v) is 2.99. The summed E-state index contributed by atoms with van der Waals surface area (Å²) in [4.78, 5) is 23.6. The number of amides is 1. The summed E-state index contributed by atoms with van der Waals surface area (Å²) in [7, 11) is 10.2. The largest absolute Gasteiger partial charge is 0.456 e. The zero-order valence-corrected chi connectivity index (χ0v) is 16.5. The number of carbonyl (C=O) groups excluding carboxylic acids is 2. The Balaban J connectivity index is 0. The molecule has 1 amide bonds. The smallest absolute Gasteiger partial charge is 0.333 e. The summed E-state index contributed by atoms with van der Waals surface area (Å²) in [6.07, 6.45) is 3.89. The molecule has 0 aromatic rings. The third kappa shape index (κ3) is 18.4. The lowest BCUT2D eigenvalue weighted by Crippen LogP contribution is -2.38. The number of primary amides is 1. The van der Waals surface area contributed by atoms with Crippen LogP contribution in [0.2, 0.25) is 0 Å². The van der Waals surface area contributed by atoms with Gasteiger partial charge >= 0.3 is 5.97 Å². The van der Waals surface area contributed by atoms with Crippen LogP contribution in [0.5, 0.6) is 0 Å². The molecule has 0 unspecified atom stereocenters.